The molecule has 0 nitrogen and oxygen atoms in total. The van der Waals surface area contributed by atoms with Gasteiger partial charge in [-0.05, 0) is 24.3 Å². The molecule has 0 fully saturated rings. The number of hydrogen-bond acceptors (Lipinski definition) is 5. The van der Waals surface area contributed by atoms with E-state index in [4.69, 9.17) is 0 Å². The van der Waals surface area contributed by atoms with E-state index in [1.807, 2.05) is 36.4 Å². The van der Waals surface area contributed by atoms with Gasteiger partial charge in [0.25, 0.3) is 0 Å². The maximum Gasteiger partial charge on any atom is 0.0314 e. The lowest BCUT2D eigenvalue weighted by Gasteiger charge is -2.09. The molecule has 0 heterocycles. The molecule has 2 aromatic carbocycles. The highest BCUT2D eigenvalue weighted by Crippen LogP contribution is 2.39. The molecule has 0 aromatic heterocycles. The van der Waals surface area contributed by atoms with Gasteiger partial charge < -0.3 is 0 Å². The second-order valence-corrected chi connectivity index (χ2v) is 6.29. The van der Waals surface area contributed by atoms with Gasteiger partial charge in [0.2, 0.25) is 0 Å². The van der Waals surface area contributed by atoms with E-state index < -0.39 is 0 Å². The summed E-state index contributed by atoms with van der Waals surface area (Å²) in [6.07, 6.45) is 0. The van der Waals surface area contributed by atoms with Crippen LogP contribution in [0.1, 0.15) is 0 Å². The van der Waals surface area contributed by atoms with E-state index in [1.165, 1.54) is 0 Å². The van der Waals surface area contributed by atoms with Crippen LogP contribution in [0.25, 0.3) is 0 Å². The fraction of sp³-hybridized carbons (Fsp3) is 0. The standard InChI is InChI=1S/C12H10S5/c13-7-3-1-5-9(11(7)15)17-10-6-2-4-8(14)12(10)16/h1-6,13-16H. The zero-order chi connectivity index (χ0) is 12.4. The van der Waals surface area contributed by atoms with Gasteiger partial charge in [0.05, 0.1) is 0 Å². The quantitative estimate of drug-likeness (QED) is 0.566. The van der Waals surface area contributed by atoms with Crippen LogP contribution in [0, 0.1) is 0 Å². The maximum atomic E-state index is 4.46. The molecule has 0 N–H and O–H groups in total. The van der Waals surface area contributed by atoms with Crippen molar-refractivity contribution in [3.63, 3.8) is 0 Å². The molecule has 0 saturated heterocycles. The van der Waals surface area contributed by atoms with Crippen LogP contribution in [0.2, 0.25) is 0 Å². The van der Waals surface area contributed by atoms with Gasteiger partial charge in [-0.25, -0.2) is 0 Å². The Bertz CT molecular complexity index is 501. The summed E-state index contributed by atoms with van der Waals surface area (Å²) in [6, 6.07) is 11.8. The minimum Gasteiger partial charge on any atom is -0.142 e. The van der Waals surface area contributed by atoms with Gasteiger partial charge >= 0.3 is 0 Å². The molecule has 0 aliphatic carbocycles. The number of benzene rings is 2. The highest BCUT2D eigenvalue weighted by Gasteiger charge is 2.08. The average Bonchev–Trinajstić information content (AvgIpc) is 2.31. The van der Waals surface area contributed by atoms with Crippen molar-refractivity contribution in [3.8, 4) is 0 Å². The fourth-order valence-electron chi connectivity index (χ4n) is 1.30. The molecule has 0 atom stereocenters. The van der Waals surface area contributed by atoms with Crippen molar-refractivity contribution in [2.45, 2.75) is 29.4 Å². The van der Waals surface area contributed by atoms with E-state index in [9.17, 15) is 0 Å². The van der Waals surface area contributed by atoms with Crippen LogP contribution >= 0.6 is 62.3 Å². The van der Waals surface area contributed by atoms with Crippen molar-refractivity contribution >= 4 is 62.3 Å². The molecule has 0 spiro atoms. The van der Waals surface area contributed by atoms with Gasteiger partial charge in [0.1, 0.15) is 0 Å². The van der Waals surface area contributed by atoms with Crippen LogP contribution in [0.5, 0.6) is 0 Å². The molecule has 0 saturated carbocycles. The smallest absolute Gasteiger partial charge is 0.0314 e. The zero-order valence-electron chi connectivity index (χ0n) is 8.66. The molecule has 17 heavy (non-hydrogen) atoms. The predicted octanol–water partition coefficient (Wildman–Crippen LogP) is 4.99. The minimum atomic E-state index is 0.876. The summed E-state index contributed by atoms with van der Waals surface area (Å²) < 4.78 is 0. The molecule has 88 valence electrons. The highest BCUT2D eigenvalue weighted by atomic mass is 32.2. The van der Waals surface area contributed by atoms with Gasteiger partial charge in [-0.15, -0.1) is 50.5 Å². The lowest BCUT2D eigenvalue weighted by Crippen LogP contribution is -1.81. The van der Waals surface area contributed by atoms with E-state index in [0.29, 0.717) is 0 Å². The van der Waals surface area contributed by atoms with Gasteiger partial charge in [-0.3, -0.25) is 0 Å². The lowest BCUT2D eigenvalue weighted by molar-refractivity contribution is 1.10. The van der Waals surface area contributed by atoms with Gasteiger partial charge in [-0.1, -0.05) is 23.9 Å². The summed E-state index contributed by atoms with van der Waals surface area (Å²) in [5, 5.41) is 0. The topological polar surface area (TPSA) is 0 Å². The monoisotopic (exact) mass is 314 g/mol. The van der Waals surface area contributed by atoms with Gasteiger partial charge in [0, 0.05) is 29.4 Å². The molecule has 0 aliphatic heterocycles. The SMILES string of the molecule is Sc1cccc(Sc2cccc(S)c2S)c1S. The Morgan fingerprint density at radius 1 is 0.647 bits per heavy atom. The summed E-state index contributed by atoms with van der Waals surface area (Å²) in [6.45, 7) is 0. The second-order valence-electron chi connectivity index (χ2n) is 3.35. The molecule has 0 amide bonds. The summed E-state index contributed by atoms with van der Waals surface area (Å²) in [5.41, 5.74) is 0. The number of rotatable bonds is 2. The third-order valence-corrected chi connectivity index (χ3v) is 5.66. The predicted molar refractivity (Wildman–Crippen MR) is 86.0 cm³/mol. The summed E-state index contributed by atoms with van der Waals surface area (Å²) in [7, 11) is 0. The summed E-state index contributed by atoms with van der Waals surface area (Å²) in [5.74, 6) is 0. The first kappa shape index (κ1) is 13.6. The van der Waals surface area contributed by atoms with E-state index in [-0.39, 0.29) is 0 Å². The largest absolute Gasteiger partial charge is 0.142 e. The third-order valence-electron chi connectivity index (χ3n) is 2.18. The molecule has 0 unspecified atom stereocenters. The first-order chi connectivity index (χ1) is 8.09. The Morgan fingerprint density at radius 3 is 1.47 bits per heavy atom. The minimum absolute atomic E-state index is 0.876. The number of hydrogen-bond donors (Lipinski definition) is 4. The van der Waals surface area contributed by atoms with Crippen molar-refractivity contribution in [2.75, 3.05) is 0 Å². The first-order valence-electron chi connectivity index (χ1n) is 4.79. The fourth-order valence-corrected chi connectivity index (χ4v) is 3.38. The van der Waals surface area contributed by atoms with Crippen LogP contribution in [0.15, 0.2) is 65.8 Å². The van der Waals surface area contributed by atoms with Crippen LogP contribution in [-0.4, -0.2) is 0 Å². The Hall–Kier alpha value is 0.190. The first-order valence-corrected chi connectivity index (χ1v) is 7.40. The van der Waals surface area contributed by atoms with Crippen LogP contribution in [-0.2, 0) is 0 Å². The van der Waals surface area contributed by atoms with E-state index in [1.54, 1.807) is 11.8 Å². The molecule has 0 bridgehead atoms. The third kappa shape index (κ3) is 3.15. The Kier molecular flexibility index (Phi) is 4.72. The number of thiol groups is 4. The van der Waals surface area contributed by atoms with Crippen LogP contribution in [0.3, 0.4) is 0 Å². The molecule has 0 radical (unpaired) electrons. The molecule has 2 rings (SSSR count). The van der Waals surface area contributed by atoms with E-state index >= 15 is 0 Å². The summed E-state index contributed by atoms with van der Waals surface area (Å²) >= 11 is 19.3. The summed E-state index contributed by atoms with van der Waals surface area (Å²) in [4.78, 5) is 5.66. The zero-order valence-corrected chi connectivity index (χ0v) is 13.1. The molecule has 0 aliphatic rings. The highest BCUT2D eigenvalue weighted by molar-refractivity contribution is 8.00. The van der Waals surface area contributed by atoms with Crippen molar-refractivity contribution in [2.24, 2.45) is 0 Å². The normalized spacial score (nSPS) is 10.6. The van der Waals surface area contributed by atoms with Crippen molar-refractivity contribution in [1.82, 2.24) is 0 Å². The second kappa shape index (κ2) is 5.89. The molecular weight excluding hydrogens is 304 g/mol. The van der Waals surface area contributed by atoms with Crippen molar-refractivity contribution < 1.29 is 0 Å². The van der Waals surface area contributed by atoms with Crippen LogP contribution in [0.4, 0.5) is 0 Å². The Morgan fingerprint density at radius 2 is 1.06 bits per heavy atom. The maximum absolute atomic E-state index is 4.46. The molecular formula is C12H10S5. The van der Waals surface area contributed by atoms with Crippen LogP contribution < -0.4 is 0 Å². The van der Waals surface area contributed by atoms with Gasteiger partial charge in [-0.2, -0.15) is 0 Å². The Balaban J connectivity index is 2.38. The van der Waals surface area contributed by atoms with Gasteiger partial charge in [0.15, 0.2) is 0 Å². The lowest BCUT2D eigenvalue weighted by atomic mass is 10.3. The average molecular weight is 315 g/mol. The Labute approximate surface area is 127 Å². The van der Waals surface area contributed by atoms with Crippen molar-refractivity contribution in [1.29, 1.82) is 0 Å². The van der Waals surface area contributed by atoms with E-state index in [2.05, 4.69) is 50.5 Å². The van der Waals surface area contributed by atoms with Crippen molar-refractivity contribution in [3.05, 3.63) is 36.4 Å². The van der Waals surface area contributed by atoms with E-state index in [0.717, 1.165) is 29.4 Å². The molecule has 5 heteroatoms. The molecule has 2 aromatic rings.